The van der Waals surface area contributed by atoms with E-state index >= 15 is 0 Å². The lowest BCUT2D eigenvalue weighted by molar-refractivity contribution is 0.873. The van der Waals surface area contributed by atoms with Gasteiger partial charge in [-0.2, -0.15) is 5.26 Å². The summed E-state index contributed by atoms with van der Waals surface area (Å²) < 4.78 is 0. The molecule has 1 unspecified atom stereocenters. The summed E-state index contributed by atoms with van der Waals surface area (Å²) >= 11 is 0. The normalized spacial score (nSPS) is 11.6. The van der Waals surface area contributed by atoms with Crippen LogP contribution in [0.15, 0.2) is 42.7 Å². The summed E-state index contributed by atoms with van der Waals surface area (Å²) in [5.41, 5.74) is 3.75. The Hall–Kier alpha value is -2.34. The van der Waals surface area contributed by atoms with Gasteiger partial charge in [-0.25, -0.2) is 0 Å². The molecule has 90 valence electrons. The van der Waals surface area contributed by atoms with Crippen molar-refractivity contribution in [2.45, 2.75) is 19.9 Å². The molecular formula is C15H15N3. The fourth-order valence-corrected chi connectivity index (χ4v) is 1.88. The largest absolute Gasteiger partial charge is 0.377 e. The van der Waals surface area contributed by atoms with Crippen LogP contribution in [0.25, 0.3) is 0 Å². The SMILES string of the molecule is Cc1cccc(C#N)c1NC(C)c1cccnc1. The van der Waals surface area contributed by atoms with E-state index in [-0.39, 0.29) is 6.04 Å². The van der Waals surface area contributed by atoms with Crippen LogP contribution in [0.4, 0.5) is 5.69 Å². The van der Waals surface area contributed by atoms with Gasteiger partial charge >= 0.3 is 0 Å². The third kappa shape index (κ3) is 2.49. The maximum atomic E-state index is 9.12. The van der Waals surface area contributed by atoms with E-state index < -0.39 is 0 Å². The van der Waals surface area contributed by atoms with E-state index in [1.165, 1.54) is 0 Å². The van der Waals surface area contributed by atoms with Crippen molar-refractivity contribution in [1.29, 1.82) is 5.26 Å². The number of hydrogen-bond acceptors (Lipinski definition) is 3. The van der Waals surface area contributed by atoms with Gasteiger partial charge in [0.05, 0.1) is 17.3 Å². The van der Waals surface area contributed by atoms with Crippen molar-refractivity contribution in [3.63, 3.8) is 0 Å². The molecule has 2 aromatic rings. The first-order valence-electron chi connectivity index (χ1n) is 5.88. The molecule has 1 aromatic heterocycles. The number of nitriles is 1. The van der Waals surface area contributed by atoms with Crippen molar-refractivity contribution in [2.75, 3.05) is 5.32 Å². The molecule has 3 nitrogen and oxygen atoms in total. The van der Waals surface area contributed by atoms with Crippen molar-refractivity contribution >= 4 is 5.69 Å². The van der Waals surface area contributed by atoms with Gasteiger partial charge in [0.25, 0.3) is 0 Å². The second-order valence-corrected chi connectivity index (χ2v) is 4.26. The Balaban J connectivity index is 2.28. The summed E-state index contributed by atoms with van der Waals surface area (Å²) in [4.78, 5) is 4.11. The number of para-hydroxylation sites is 1. The predicted octanol–water partition coefficient (Wildman–Crippen LogP) is 3.43. The van der Waals surface area contributed by atoms with Crippen molar-refractivity contribution in [3.8, 4) is 6.07 Å². The van der Waals surface area contributed by atoms with Gasteiger partial charge in [-0.05, 0) is 37.1 Å². The zero-order valence-electron chi connectivity index (χ0n) is 10.5. The van der Waals surface area contributed by atoms with Crippen LogP contribution < -0.4 is 5.32 Å². The first-order valence-corrected chi connectivity index (χ1v) is 5.88. The maximum absolute atomic E-state index is 9.12. The second kappa shape index (κ2) is 5.33. The number of pyridine rings is 1. The monoisotopic (exact) mass is 237 g/mol. The Kier molecular flexibility index (Phi) is 3.59. The highest BCUT2D eigenvalue weighted by atomic mass is 14.9. The van der Waals surface area contributed by atoms with Crippen LogP contribution in [0.1, 0.15) is 29.7 Å². The zero-order valence-corrected chi connectivity index (χ0v) is 10.5. The lowest BCUT2D eigenvalue weighted by Crippen LogP contribution is -2.09. The van der Waals surface area contributed by atoms with E-state index in [9.17, 15) is 0 Å². The van der Waals surface area contributed by atoms with Crippen molar-refractivity contribution in [3.05, 3.63) is 59.4 Å². The molecule has 2 rings (SSSR count). The molecule has 1 heterocycles. The molecule has 0 spiro atoms. The number of anilines is 1. The first kappa shape index (κ1) is 12.1. The number of hydrogen-bond donors (Lipinski definition) is 1. The highest BCUT2D eigenvalue weighted by Gasteiger charge is 2.10. The van der Waals surface area contributed by atoms with E-state index in [1.54, 1.807) is 6.20 Å². The molecule has 0 amide bonds. The van der Waals surface area contributed by atoms with Crippen LogP contribution in [0.2, 0.25) is 0 Å². The number of aryl methyl sites for hydroxylation is 1. The minimum absolute atomic E-state index is 0.117. The molecule has 0 saturated carbocycles. The molecule has 1 atom stereocenters. The molecule has 0 fully saturated rings. The molecule has 1 N–H and O–H groups in total. The lowest BCUT2D eigenvalue weighted by Gasteiger charge is -2.18. The molecule has 18 heavy (non-hydrogen) atoms. The molecule has 0 aliphatic rings. The molecule has 0 radical (unpaired) electrons. The van der Waals surface area contributed by atoms with Gasteiger partial charge in [0, 0.05) is 12.4 Å². The molecule has 3 heteroatoms. The van der Waals surface area contributed by atoms with E-state index in [0.29, 0.717) is 5.56 Å². The third-order valence-electron chi connectivity index (χ3n) is 2.94. The molecule has 0 aliphatic heterocycles. The third-order valence-corrected chi connectivity index (χ3v) is 2.94. The Morgan fingerprint density at radius 3 is 2.78 bits per heavy atom. The summed E-state index contributed by atoms with van der Waals surface area (Å²) in [6.07, 6.45) is 3.59. The van der Waals surface area contributed by atoms with Gasteiger partial charge in [0.2, 0.25) is 0 Å². The van der Waals surface area contributed by atoms with Gasteiger partial charge in [0.1, 0.15) is 6.07 Å². The lowest BCUT2D eigenvalue weighted by atomic mass is 10.1. The Labute approximate surface area is 107 Å². The number of rotatable bonds is 3. The quantitative estimate of drug-likeness (QED) is 0.889. The summed E-state index contributed by atoms with van der Waals surface area (Å²) in [5, 5.41) is 12.5. The van der Waals surface area contributed by atoms with Crippen LogP contribution in [-0.4, -0.2) is 4.98 Å². The highest BCUT2D eigenvalue weighted by molar-refractivity contribution is 5.62. The summed E-state index contributed by atoms with van der Waals surface area (Å²) in [5.74, 6) is 0. The van der Waals surface area contributed by atoms with Crippen LogP contribution in [0.5, 0.6) is 0 Å². The van der Waals surface area contributed by atoms with Crippen LogP contribution >= 0.6 is 0 Å². The molecule has 0 saturated heterocycles. The van der Waals surface area contributed by atoms with Gasteiger partial charge in [-0.1, -0.05) is 18.2 Å². The minimum atomic E-state index is 0.117. The van der Waals surface area contributed by atoms with Gasteiger partial charge < -0.3 is 5.32 Å². The Morgan fingerprint density at radius 2 is 2.11 bits per heavy atom. The summed E-state index contributed by atoms with van der Waals surface area (Å²) in [6.45, 7) is 4.06. The van der Waals surface area contributed by atoms with Gasteiger partial charge in [-0.15, -0.1) is 0 Å². The number of benzene rings is 1. The molecule has 0 aliphatic carbocycles. The number of nitrogens with zero attached hydrogens (tertiary/aromatic N) is 2. The predicted molar refractivity (Wildman–Crippen MR) is 72.2 cm³/mol. The van der Waals surface area contributed by atoms with E-state index in [0.717, 1.165) is 16.8 Å². The van der Waals surface area contributed by atoms with Crippen LogP contribution in [-0.2, 0) is 0 Å². The standard InChI is InChI=1S/C15H15N3/c1-11-5-3-6-13(9-16)15(11)18-12(2)14-7-4-8-17-10-14/h3-8,10,12,18H,1-2H3. The minimum Gasteiger partial charge on any atom is -0.377 e. The van der Waals surface area contributed by atoms with Gasteiger partial charge in [0.15, 0.2) is 0 Å². The van der Waals surface area contributed by atoms with Crippen molar-refractivity contribution < 1.29 is 0 Å². The van der Waals surface area contributed by atoms with E-state index in [2.05, 4.69) is 23.3 Å². The van der Waals surface area contributed by atoms with Crippen molar-refractivity contribution in [2.24, 2.45) is 0 Å². The van der Waals surface area contributed by atoms with Crippen LogP contribution in [0.3, 0.4) is 0 Å². The molecule has 1 aromatic carbocycles. The van der Waals surface area contributed by atoms with Gasteiger partial charge in [-0.3, -0.25) is 4.98 Å². The average molecular weight is 237 g/mol. The second-order valence-electron chi connectivity index (χ2n) is 4.26. The Morgan fingerprint density at radius 1 is 1.28 bits per heavy atom. The first-order chi connectivity index (χ1) is 8.72. The zero-order chi connectivity index (χ0) is 13.0. The van der Waals surface area contributed by atoms with Crippen LogP contribution in [0, 0.1) is 18.3 Å². The Bertz CT molecular complexity index is 570. The van der Waals surface area contributed by atoms with E-state index in [4.69, 9.17) is 5.26 Å². The highest BCUT2D eigenvalue weighted by Crippen LogP contribution is 2.24. The van der Waals surface area contributed by atoms with E-state index in [1.807, 2.05) is 43.5 Å². The maximum Gasteiger partial charge on any atom is 0.101 e. The topological polar surface area (TPSA) is 48.7 Å². The fourth-order valence-electron chi connectivity index (χ4n) is 1.88. The fraction of sp³-hybridized carbons (Fsp3) is 0.200. The smallest absolute Gasteiger partial charge is 0.101 e. The molecule has 0 bridgehead atoms. The number of aromatic nitrogens is 1. The summed E-state index contributed by atoms with van der Waals surface area (Å²) in [6, 6.07) is 12.0. The molecular weight excluding hydrogens is 222 g/mol. The van der Waals surface area contributed by atoms with Crippen molar-refractivity contribution in [1.82, 2.24) is 4.98 Å². The average Bonchev–Trinajstić information content (AvgIpc) is 2.42. The summed E-state index contributed by atoms with van der Waals surface area (Å²) in [7, 11) is 0. The number of nitrogens with one attached hydrogen (secondary N) is 1.